The first kappa shape index (κ1) is 15.1. The molecule has 4 heteroatoms. The van der Waals surface area contributed by atoms with Crippen molar-refractivity contribution in [3.8, 4) is 0 Å². The first-order chi connectivity index (χ1) is 10.5. The minimum absolute atomic E-state index is 0.149. The minimum atomic E-state index is -0.149. The molecule has 0 saturated carbocycles. The summed E-state index contributed by atoms with van der Waals surface area (Å²) in [7, 11) is 3.52. The highest BCUT2D eigenvalue weighted by Gasteiger charge is 2.22. The lowest BCUT2D eigenvalue weighted by molar-refractivity contribution is -0.140. The predicted molar refractivity (Wildman–Crippen MR) is 87.6 cm³/mol. The van der Waals surface area contributed by atoms with Crippen LogP contribution in [0.3, 0.4) is 0 Å². The second-order valence-corrected chi connectivity index (χ2v) is 6.48. The third-order valence-corrected chi connectivity index (χ3v) is 4.70. The molecule has 118 valence electrons. The van der Waals surface area contributed by atoms with Gasteiger partial charge in [0.15, 0.2) is 0 Å². The number of ether oxygens (including phenoxy) is 1. The Morgan fingerprint density at radius 2 is 1.95 bits per heavy atom. The van der Waals surface area contributed by atoms with E-state index in [2.05, 4.69) is 48.7 Å². The summed E-state index contributed by atoms with van der Waals surface area (Å²) in [6.45, 7) is 6.54. The van der Waals surface area contributed by atoms with Crippen molar-refractivity contribution >= 4 is 16.9 Å². The summed E-state index contributed by atoms with van der Waals surface area (Å²) in [6.07, 6.45) is 3.31. The maximum absolute atomic E-state index is 11.4. The number of rotatable bonds is 4. The Labute approximate surface area is 131 Å². The van der Waals surface area contributed by atoms with Gasteiger partial charge in [0.1, 0.15) is 0 Å². The van der Waals surface area contributed by atoms with Crippen LogP contribution in [0.5, 0.6) is 0 Å². The molecule has 0 bridgehead atoms. The second-order valence-electron chi connectivity index (χ2n) is 6.48. The maximum atomic E-state index is 11.4. The van der Waals surface area contributed by atoms with Crippen molar-refractivity contribution in [2.45, 2.75) is 45.8 Å². The molecule has 0 unspecified atom stereocenters. The minimum Gasteiger partial charge on any atom is -0.469 e. The van der Waals surface area contributed by atoms with Crippen molar-refractivity contribution in [3.05, 3.63) is 35.0 Å². The first-order valence-electron chi connectivity index (χ1n) is 7.90. The number of fused-ring (bicyclic) bond motifs is 2. The molecular formula is C18H24N2O2. The molecule has 1 aromatic carbocycles. The Kier molecular flexibility index (Phi) is 3.96. The van der Waals surface area contributed by atoms with Gasteiger partial charge in [-0.05, 0) is 49.1 Å². The summed E-state index contributed by atoms with van der Waals surface area (Å²) in [6, 6.07) is 5.20. The van der Waals surface area contributed by atoms with Gasteiger partial charge < -0.3 is 9.30 Å². The van der Waals surface area contributed by atoms with Crippen LogP contribution in [0, 0.1) is 0 Å². The summed E-state index contributed by atoms with van der Waals surface area (Å²) in [5, 5.41) is 1.27. The van der Waals surface area contributed by atoms with E-state index in [0.717, 1.165) is 19.5 Å². The van der Waals surface area contributed by atoms with Gasteiger partial charge in [-0.15, -0.1) is 0 Å². The molecule has 0 saturated heterocycles. The third-order valence-electron chi connectivity index (χ3n) is 4.70. The van der Waals surface area contributed by atoms with E-state index in [1.807, 2.05) is 0 Å². The van der Waals surface area contributed by atoms with Crippen LogP contribution >= 0.6 is 0 Å². The quantitative estimate of drug-likeness (QED) is 0.814. The summed E-state index contributed by atoms with van der Waals surface area (Å²) in [5.74, 6) is -0.149. The fraction of sp³-hybridized carbons (Fsp3) is 0.500. The standard InChI is InChI=1S/C18H24N2O2/c1-12(2)20-10-14-7-16-13(5-6-18(21)22-4)9-19(3)17(16)8-15(14)11-20/h7-9,12H,5-6,10-11H2,1-4H3. The maximum Gasteiger partial charge on any atom is 0.305 e. The zero-order chi connectivity index (χ0) is 15.9. The fourth-order valence-corrected chi connectivity index (χ4v) is 3.29. The van der Waals surface area contributed by atoms with Gasteiger partial charge in [0.25, 0.3) is 0 Å². The first-order valence-corrected chi connectivity index (χ1v) is 7.90. The molecule has 22 heavy (non-hydrogen) atoms. The number of benzene rings is 1. The van der Waals surface area contributed by atoms with Crippen molar-refractivity contribution in [1.82, 2.24) is 9.47 Å². The van der Waals surface area contributed by atoms with Gasteiger partial charge in [-0.3, -0.25) is 9.69 Å². The van der Waals surface area contributed by atoms with E-state index < -0.39 is 0 Å². The predicted octanol–water partition coefficient (Wildman–Crippen LogP) is 3.01. The molecule has 0 radical (unpaired) electrons. The lowest BCUT2D eigenvalue weighted by Gasteiger charge is -2.18. The SMILES string of the molecule is COC(=O)CCc1cn(C)c2cc3c(cc12)CN(C(C)C)C3. The number of aryl methyl sites for hydroxylation is 2. The largest absolute Gasteiger partial charge is 0.469 e. The highest BCUT2D eigenvalue weighted by atomic mass is 16.5. The van der Waals surface area contributed by atoms with Gasteiger partial charge in [-0.1, -0.05) is 0 Å². The molecule has 0 atom stereocenters. The van der Waals surface area contributed by atoms with E-state index in [1.165, 1.54) is 34.7 Å². The van der Waals surface area contributed by atoms with Gasteiger partial charge >= 0.3 is 5.97 Å². The molecule has 0 fully saturated rings. The Morgan fingerprint density at radius 3 is 2.59 bits per heavy atom. The molecule has 1 aliphatic rings. The van der Waals surface area contributed by atoms with E-state index in [1.54, 1.807) is 0 Å². The Balaban J connectivity index is 1.94. The van der Waals surface area contributed by atoms with Crippen LogP contribution in [0.15, 0.2) is 18.3 Å². The van der Waals surface area contributed by atoms with Gasteiger partial charge in [0.05, 0.1) is 7.11 Å². The lowest BCUT2D eigenvalue weighted by atomic mass is 10.0. The summed E-state index contributed by atoms with van der Waals surface area (Å²) >= 11 is 0. The Morgan fingerprint density at radius 1 is 1.27 bits per heavy atom. The molecule has 0 aliphatic carbocycles. The topological polar surface area (TPSA) is 34.5 Å². The van der Waals surface area contributed by atoms with Gasteiger partial charge in [-0.2, -0.15) is 0 Å². The number of hydrogen-bond donors (Lipinski definition) is 0. The van der Waals surface area contributed by atoms with E-state index in [9.17, 15) is 4.79 Å². The van der Waals surface area contributed by atoms with Crippen LogP contribution in [0.25, 0.3) is 10.9 Å². The van der Waals surface area contributed by atoms with Crippen LogP contribution in [-0.4, -0.2) is 28.6 Å². The van der Waals surface area contributed by atoms with Crippen molar-refractivity contribution in [2.24, 2.45) is 7.05 Å². The fourth-order valence-electron chi connectivity index (χ4n) is 3.29. The molecule has 0 amide bonds. The number of hydrogen-bond acceptors (Lipinski definition) is 3. The van der Waals surface area contributed by atoms with Gasteiger partial charge in [0, 0.05) is 49.7 Å². The number of aromatic nitrogens is 1. The summed E-state index contributed by atoms with van der Waals surface area (Å²) in [5.41, 5.74) is 5.34. The van der Waals surface area contributed by atoms with Gasteiger partial charge in [-0.25, -0.2) is 0 Å². The highest BCUT2D eigenvalue weighted by molar-refractivity contribution is 5.86. The van der Waals surface area contributed by atoms with Crippen molar-refractivity contribution < 1.29 is 9.53 Å². The second kappa shape index (κ2) is 5.76. The van der Waals surface area contributed by atoms with E-state index >= 15 is 0 Å². The summed E-state index contributed by atoms with van der Waals surface area (Å²) in [4.78, 5) is 13.9. The molecule has 0 spiro atoms. The third kappa shape index (κ3) is 2.63. The molecule has 1 aromatic heterocycles. The van der Waals surface area contributed by atoms with Crippen LogP contribution < -0.4 is 0 Å². The zero-order valence-electron chi connectivity index (χ0n) is 13.8. The lowest BCUT2D eigenvalue weighted by Crippen LogP contribution is -2.24. The number of esters is 1. The highest BCUT2D eigenvalue weighted by Crippen LogP contribution is 2.31. The van der Waals surface area contributed by atoms with Crippen LogP contribution in [-0.2, 0) is 36.1 Å². The molecule has 2 heterocycles. The van der Waals surface area contributed by atoms with Crippen molar-refractivity contribution in [2.75, 3.05) is 7.11 Å². The van der Waals surface area contributed by atoms with E-state index in [4.69, 9.17) is 4.74 Å². The number of methoxy groups -OCH3 is 1. The van der Waals surface area contributed by atoms with Crippen LogP contribution in [0.1, 0.15) is 37.0 Å². The number of carbonyl (C=O) groups excluding carboxylic acids is 1. The smallest absolute Gasteiger partial charge is 0.305 e. The average Bonchev–Trinajstić information content (AvgIpc) is 3.04. The Bertz CT molecular complexity index is 715. The normalized spacial score (nSPS) is 14.8. The molecule has 0 N–H and O–H groups in total. The molecule has 4 nitrogen and oxygen atoms in total. The van der Waals surface area contributed by atoms with Crippen molar-refractivity contribution in [3.63, 3.8) is 0 Å². The monoisotopic (exact) mass is 300 g/mol. The van der Waals surface area contributed by atoms with Crippen molar-refractivity contribution in [1.29, 1.82) is 0 Å². The number of nitrogens with zero attached hydrogens (tertiary/aromatic N) is 2. The molecule has 1 aliphatic heterocycles. The number of carbonyl (C=O) groups is 1. The average molecular weight is 300 g/mol. The summed E-state index contributed by atoms with van der Waals surface area (Å²) < 4.78 is 6.92. The molecule has 3 rings (SSSR count). The Hall–Kier alpha value is -1.81. The molecular weight excluding hydrogens is 276 g/mol. The van der Waals surface area contributed by atoms with E-state index in [0.29, 0.717) is 12.5 Å². The molecule has 2 aromatic rings. The van der Waals surface area contributed by atoms with Gasteiger partial charge in [0.2, 0.25) is 0 Å². The van der Waals surface area contributed by atoms with Crippen LogP contribution in [0.4, 0.5) is 0 Å². The zero-order valence-corrected chi connectivity index (χ0v) is 13.8. The van der Waals surface area contributed by atoms with Crippen LogP contribution in [0.2, 0.25) is 0 Å². The van der Waals surface area contributed by atoms with E-state index in [-0.39, 0.29) is 5.97 Å².